The molecule has 2 aliphatic heterocycles. The van der Waals surface area contributed by atoms with Gasteiger partial charge in [0.1, 0.15) is 12.5 Å². The molecule has 0 amide bonds. The molecule has 2 atom stereocenters. The minimum atomic E-state index is 0.365. The molecule has 2 unspecified atom stereocenters. The Bertz CT molecular complexity index is 178. The van der Waals surface area contributed by atoms with E-state index in [1.807, 2.05) is 0 Å². The van der Waals surface area contributed by atoms with Crippen LogP contribution in [0.2, 0.25) is 0 Å². The molecule has 0 aromatic rings. The average molecular weight is 212 g/mol. The van der Waals surface area contributed by atoms with Crippen LogP contribution in [0, 0.1) is 0 Å². The summed E-state index contributed by atoms with van der Waals surface area (Å²) in [4.78, 5) is 4.73. The lowest BCUT2D eigenvalue weighted by Crippen LogP contribution is -2.46. The molecule has 0 bridgehead atoms. The van der Waals surface area contributed by atoms with Gasteiger partial charge in [-0.25, -0.2) is 0 Å². The Kier molecular flexibility index (Phi) is 4.00. The first kappa shape index (κ1) is 11.4. The number of piperidine rings is 2. The van der Waals surface area contributed by atoms with Crippen LogP contribution in [-0.2, 0) is 4.74 Å². The zero-order chi connectivity index (χ0) is 10.7. The topological polar surface area (TPSA) is 15.7 Å². The maximum absolute atomic E-state index is 6.21. The molecule has 88 valence electrons. The summed E-state index contributed by atoms with van der Waals surface area (Å²) in [6.07, 6.45) is 8.46. The maximum Gasteiger partial charge on any atom is 0.112 e. The fourth-order valence-corrected chi connectivity index (χ4v) is 2.61. The first-order chi connectivity index (χ1) is 7.27. The summed E-state index contributed by atoms with van der Waals surface area (Å²) in [5, 5.41) is 0. The van der Waals surface area contributed by atoms with Gasteiger partial charge in [-0.3, -0.25) is 9.80 Å². The molecule has 0 spiro atoms. The van der Waals surface area contributed by atoms with Crippen LogP contribution in [0.4, 0.5) is 0 Å². The molecule has 2 rings (SSSR count). The Labute approximate surface area is 93.4 Å². The number of ether oxygens (including phenoxy) is 1. The van der Waals surface area contributed by atoms with E-state index in [1.165, 1.54) is 51.6 Å². The highest BCUT2D eigenvalue weighted by molar-refractivity contribution is 4.71. The van der Waals surface area contributed by atoms with Crippen molar-refractivity contribution in [1.29, 1.82) is 0 Å². The summed E-state index contributed by atoms with van der Waals surface area (Å²) in [6.45, 7) is 2.39. The molecular formula is C12H24N2O. The van der Waals surface area contributed by atoms with E-state index in [4.69, 9.17) is 4.74 Å². The fourth-order valence-electron chi connectivity index (χ4n) is 2.61. The molecule has 2 aliphatic rings. The normalized spacial score (nSPS) is 35.6. The van der Waals surface area contributed by atoms with E-state index in [-0.39, 0.29) is 0 Å². The zero-order valence-electron chi connectivity index (χ0n) is 10.1. The molecule has 3 nitrogen and oxygen atoms in total. The standard InChI is InChI=1S/C12H24N2O/c1-13-9-5-3-7-11(13)15-12-8-4-6-10-14(12)2/h11-12H,3-10H2,1-2H3. The SMILES string of the molecule is CN1CCCCC1OC1CCCCN1C. The average Bonchev–Trinajstić information content (AvgIpc) is 2.24. The van der Waals surface area contributed by atoms with Gasteiger partial charge in [-0.15, -0.1) is 0 Å². The molecule has 0 aromatic carbocycles. The van der Waals surface area contributed by atoms with Crippen molar-refractivity contribution in [3.05, 3.63) is 0 Å². The van der Waals surface area contributed by atoms with Gasteiger partial charge < -0.3 is 4.74 Å². The quantitative estimate of drug-likeness (QED) is 0.695. The molecule has 0 radical (unpaired) electrons. The highest BCUT2D eigenvalue weighted by atomic mass is 16.5. The molecule has 15 heavy (non-hydrogen) atoms. The van der Waals surface area contributed by atoms with Gasteiger partial charge in [0.2, 0.25) is 0 Å². The van der Waals surface area contributed by atoms with E-state index >= 15 is 0 Å². The van der Waals surface area contributed by atoms with E-state index in [2.05, 4.69) is 23.9 Å². The fraction of sp³-hybridized carbons (Fsp3) is 1.00. The lowest BCUT2D eigenvalue weighted by atomic mass is 10.1. The smallest absolute Gasteiger partial charge is 0.112 e. The molecule has 0 N–H and O–H groups in total. The second-order valence-corrected chi connectivity index (χ2v) is 5.00. The molecule has 0 saturated carbocycles. The van der Waals surface area contributed by atoms with Crippen molar-refractivity contribution in [2.24, 2.45) is 0 Å². The first-order valence-electron chi connectivity index (χ1n) is 6.33. The van der Waals surface area contributed by atoms with Gasteiger partial charge in [0.15, 0.2) is 0 Å². The summed E-state index contributed by atoms with van der Waals surface area (Å²) < 4.78 is 6.21. The van der Waals surface area contributed by atoms with Crippen LogP contribution >= 0.6 is 0 Å². The van der Waals surface area contributed by atoms with Gasteiger partial charge in [0.25, 0.3) is 0 Å². The summed E-state index contributed by atoms with van der Waals surface area (Å²) >= 11 is 0. The molecule has 2 saturated heterocycles. The number of hydrogen-bond donors (Lipinski definition) is 0. The van der Waals surface area contributed by atoms with E-state index in [0.717, 1.165) is 0 Å². The minimum absolute atomic E-state index is 0.365. The lowest BCUT2D eigenvalue weighted by Gasteiger charge is -2.39. The van der Waals surface area contributed by atoms with Crippen LogP contribution < -0.4 is 0 Å². The van der Waals surface area contributed by atoms with Gasteiger partial charge in [-0.05, 0) is 52.6 Å². The molecule has 3 heteroatoms. The van der Waals surface area contributed by atoms with Gasteiger partial charge in [-0.1, -0.05) is 0 Å². The summed E-state index contributed by atoms with van der Waals surface area (Å²) in [5.74, 6) is 0. The van der Waals surface area contributed by atoms with Crippen molar-refractivity contribution in [2.75, 3.05) is 27.2 Å². The van der Waals surface area contributed by atoms with Crippen molar-refractivity contribution in [1.82, 2.24) is 9.80 Å². The van der Waals surface area contributed by atoms with Crippen molar-refractivity contribution in [2.45, 2.75) is 51.0 Å². The van der Waals surface area contributed by atoms with Gasteiger partial charge in [0, 0.05) is 13.1 Å². The van der Waals surface area contributed by atoms with Gasteiger partial charge >= 0.3 is 0 Å². The Balaban J connectivity index is 1.83. The summed E-state index contributed by atoms with van der Waals surface area (Å²) in [5.41, 5.74) is 0. The van der Waals surface area contributed by atoms with Crippen LogP contribution in [0.25, 0.3) is 0 Å². The Morgan fingerprint density at radius 3 is 1.67 bits per heavy atom. The molecule has 0 aromatic heterocycles. The number of hydrogen-bond acceptors (Lipinski definition) is 3. The summed E-state index contributed by atoms with van der Waals surface area (Å²) in [6, 6.07) is 0. The number of nitrogens with zero attached hydrogens (tertiary/aromatic N) is 2. The van der Waals surface area contributed by atoms with Crippen LogP contribution in [0.1, 0.15) is 38.5 Å². The van der Waals surface area contributed by atoms with Crippen molar-refractivity contribution in [3.63, 3.8) is 0 Å². The highest BCUT2D eigenvalue weighted by Gasteiger charge is 2.26. The largest absolute Gasteiger partial charge is 0.345 e. The van der Waals surface area contributed by atoms with Crippen LogP contribution in [-0.4, -0.2) is 49.4 Å². The maximum atomic E-state index is 6.21. The third kappa shape index (κ3) is 2.92. The first-order valence-corrected chi connectivity index (χ1v) is 6.33. The summed E-state index contributed by atoms with van der Waals surface area (Å²) in [7, 11) is 4.37. The number of likely N-dealkylation sites (tertiary alicyclic amines) is 2. The zero-order valence-corrected chi connectivity index (χ0v) is 10.1. The molecule has 0 aliphatic carbocycles. The number of rotatable bonds is 2. The van der Waals surface area contributed by atoms with Gasteiger partial charge in [0.05, 0.1) is 0 Å². The second-order valence-electron chi connectivity index (χ2n) is 5.00. The highest BCUT2D eigenvalue weighted by Crippen LogP contribution is 2.22. The Hall–Kier alpha value is -0.120. The monoisotopic (exact) mass is 212 g/mol. The van der Waals surface area contributed by atoms with Crippen molar-refractivity contribution in [3.8, 4) is 0 Å². The predicted octanol–water partition coefficient (Wildman–Crippen LogP) is 1.89. The van der Waals surface area contributed by atoms with Crippen molar-refractivity contribution >= 4 is 0 Å². The van der Waals surface area contributed by atoms with Crippen LogP contribution in [0.3, 0.4) is 0 Å². The third-order valence-electron chi connectivity index (χ3n) is 3.72. The lowest BCUT2D eigenvalue weighted by molar-refractivity contribution is -0.163. The van der Waals surface area contributed by atoms with E-state index in [9.17, 15) is 0 Å². The predicted molar refractivity (Wildman–Crippen MR) is 61.6 cm³/mol. The van der Waals surface area contributed by atoms with E-state index in [1.54, 1.807) is 0 Å². The molecule has 2 fully saturated rings. The minimum Gasteiger partial charge on any atom is -0.345 e. The Morgan fingerprint density at radius 2 is 1.27 bits per heavy atom. The van der Waals surface area contributed by atoms with Gasteiger partial charge in [-0.2, -0.15) is 0 Å². The van der Waals surface area contributed by atoms with Crippen LogP contribution in [0.15, 0.2) is 0 Å². The third-order valence-corrected chi connectivity index (χ3v) is 3.72. The molecular weight excluding hydrogens is 188 g/mol. The van der Waals surface area contributed by atoms with E-state index < -0.39 is 0 Å². The van der Waals surface area contributed by atoms with Crippen molar-refractivity contribution < 1.29 is 4.74 Å². The van der Waals surface area contributed by atoms with E-state index in [0.29, 0.717) is 12.5 Å². The van der Waals surface area contributed by atoms with Crippen LogP contribution in [0.5, 0.6) is 0 Å². The Morgan fingerprint density at radius 1 is 0.800 bits per heavy atom. The molecule has 2 heterocycles. The second kappa shape index (κ2) is 5.28.